The molecule has 2 rings (SSSR count). The molecule has 0 radical (unpaired) electrons. The molecular weight excluding hydrogens is 368 g/mol. The zero-order valence-electron chi connectivity index (χ0n) is 13.4. The smallest absolute Gasteiger partial charge is 0.335 e. The Bertz CT molecular complexity index is 997. The molecule has 0 saturated heterocycles. The molecule has 0 aliphatic heterocycles. The first kappa shape index (κ1) is 18.9. The van der Waals surface area contributed by atoms with Crippen LogP contribution in [0.15, 0.2) is 58.3 Å². The second-order valence-electron chi connectivity index (χ2n) is 5.25. The molecule has 8 nitrogen and oxygen atoms in total. The molecule has 0 unspecified atom stereocenters. The lowest BCUT2D eigenvalue weighted by Gasteiger charge is -2.13. The third-order valence-corrected chi connectivity index (χ3v) is 6.48. The van der Waals surface area contributed by atoms with Gasteiger partial charge >= 0.3 is 5.97 Å². The van der Waals surface area contributed by atoms with Gasteiger partial charge in [-0.2, -0.15) is 0 Å². The van der Waals surface area contributed by atoms with Crippen molar-refractivity contribution >= 4 is 31.7 Å². The average Bonchev–Trinajstić information content (AvgIpc) is 2.54. The van der Waals surface area contributed by atoms with Crippen LogP contribution in [0.25, 0.3) is 0 Å². The van der Waals surface area contributed by atoms with E-state index in [0.29, 0.717) is 0 Å². The molecule has 0 aromatic heterocycles. The molecule has 0 saturated carbocycles. The second-order valence-corrected chi connectivity index (χ2v) is 9.08. The van der Waals surface area contributed by atoms with Gasteiger partial charge < -0.3 is 5.11 Å². The molecule has 0 bridgehead atoms. The van der Waals surface area contributed by atoms with E-state index in [4.69, 9.17) is 5.11 Å². The standard InChI is InChI=1S/C15H16N2O6S2/c1-17(2)25(22,23)14-5-3-4-12(10-14)16-24(20,21)13-8-6-11(7-9-13)15(18)19/h3-10,16H,1-2H3,(H,18,19). The minimum atomic E-state index is -3.99. The second kappa shape index (κ2) is 6.82. The number of nitrogens with one attached hydrogen (secondary N) is 1. The number of hydrogen-bond acceptors (Lipinski definition) is 5. The van der Waals surface area contributed by atoms with E-state index in [2.05, 4.69) is 4.72 Å². The fraction of sp³-hybridized carbons (Fsp3) is 0.133. The normalized spacial score (nSPS) is 12.1. The Labute approximate surface area is 145 Å². The van der Waals surface area contributed by atoms with Gasteiger partial charge in [-0.3, -0.25) is 4.72 Å². The van der Waals surface area contributed by atoms with Crippen molar-refractivity contribution in [2.45, 2.75) is 9.79 Å². The molecule has 0 heterocycles. The maximum absolute atomic E-state index is 12.4. The molecular formula is C15H16N2O6S2. The molecule has 0 fully saturated rings. The fourth-order valence-electron chi connectivity index (χ4n) is 1.92. The molecule has 0 aliphatic carbocycles. The quantitative estimate of drug-likeness (QED) is 0.777. The van der Waals surface area contributed by atoms with Crippen LogP contribution in [0.3, 0.4) is 0 Å². The van der Waals surface area contributed by atoms with E-state index < -0.39 is 26.0 Å². The van der Waals surface area contributed by atoms with Crippen LogP contribution in [0.2, 0.25) is 0 Å². The summed E-state index contributed by atoms with van der Waals surface area (Å²) in [6, 6.07) is 10.1. The van der Waals surface area contributed by atoms with Crippen molar-refractivity contribution < 1.29 is 26.7 Å². The molecule has 25 heavy (non-hydrogen) atoms. The third-order valence-electron chi connectivity index (χ3n) is 3.28. The van der Waals surface area contributed by atoms with Gasteiger partial charge in [0, 0.05) is 14.1 Å². The zero-order chi connectivity index (χ0) is 18.8. The Hall–Kier alpha value is -2.43. The lowest BCUT2D eigenvalue weighted by molar-refractivity contribution is 0.0696. The number of hydrogen-bond donors (Lipinski definition) is 2. The number of carboxylic acids is 1. The SMILES string of the molecule is CN(C)S(=O)(=O)c1cccc(NS(=O)(=O)c2ccc(C(=O)O)cc2)c1. The van der Waals surface area contributed by atoms with E-state index in [1.165, 1.54) is 50.5 Å². The summed E-state index contributed by atoms with van der Waals surface area (Å²) in [5.41, 5.74) is 0.0308. The van der Waals surface area contributed by atoms with Gasteiger partial charge in [0.1, 0.15) is 0 Å². The predicted molar refractivity (Wildman–Crippen MR) is 91.5 cm³/mol. The zero-order valence-corrected chi connectivity index (χ0v) is 15.0. The summed E-state index contributed by atoms with van der Waals surface area (Å²) in [5.74, 6) is -1.17. The van der Waals surface area contributed by atoms with Crippen LogP contribution in [0.1, 0.15) is 10.4 Å². The summed E-state index contributed by atoms with van der Waals surface area (Å²) < 4.78 is 52.2. The largest absolute Gasteiger partial charge is 0.478 e. The van der Waals surface area contributed by atoms with E-state index >= 15 is 0 Å². The van der Waals surface area contributed by atoms with Gasteiger partial charge in [-0.05, 0) is 42.5 Å². The number of anilines is 1. The van der Waals surface area contributed by atoms with Crippen LogP contribution < -0.4 is 4.72 Å². The van der Waals surface area contributed by atoms with Crippen molar-refractivity contribution in [3.8, 4) is 0 Å². The molecule has 10 heteroatoms. The van der Waals surface area contributed by atoms with E-state index in [1.54, 1.807) is 0 Å². The lowest BCUT2D eigenvalue weighted by Crippen LogP contribution is -2.22. The highest BCUT2D eigenvalue weighted by Crippen LogP contribution is 2.21. The van der Waals surface area contributed by atoms with Gasteiger partial charge in [0.25, 0.3) is 10.0 Å². The number of benzene rings is 2. The van der Waals surface area contributed by atoms with Gasteiger partial charge in [0.15, 0.2) is 0 Å². The summed E-state index contributed by atoms with van der Waals surface area (Å²) >= 11 is 0. The van der Waals surface area contributed by atoms with Crippen molar-refractivity contribution in [1.82, 2.24) is 4.31 Å². The summed E-state index contributed by atoms with van der Waals surface area (Å²) in [6.07, 6.45) is 0. The molecule has 0 spiro atoms. The Balaban J connectivity index is 2.34. The minimum Gasteiger partial charge on any atom is -0.478 e. The summed E-state index contributed by atoms with van der Waals surface area (Å²) in [4.78, 5) is 10.6. The number of carbonyl (C=O) groups is 1. The molecule has 2 aromatic rings. The van der Waals surface area contributed by atoms with Gasteiger partial charge in [0.2, 0.25) is 10.0 Å². The minimum absolute atomic E-state index is 0.0435. The molecule has 0 atom stereocenters. The van der Waals surface area contributed by atoms with E-state index in [9.17, 15) is 21.6 Å². The van der Waals surface area contributed by atoms with Crippen LogP contribution in [-0.4, -0.2) is 46.3 Å². The maximum Gasteiger partial charge on any atom is 0.335 e. The molecule has 2 aromatic carbocycles. The Morgan fingerprint density at radius 3 is 2.08 bits per heavy atom. The number of carboxylic acid groups (broad SMARTS) is 1. The Kier molecular flexibility index (Phi) is 5.16. The van der Waals surface area contributed by atoms with Crippen LogP contribution in [-0.2, 0) is 20.0 Å². The monoisotopic (exact) mass is 384 g/mol. The maximum atomic E-state index is 12.4. The first-order valence-corrected chi connectivity index (χ1v) is 9.85. The highest BCUT2D eigenvalue weighted by molar-refractivity contribution is 7.92. The molecule has 0 amide bonds. The van der Waals surface area contributed by atoms with Gasteiger partial charge in [-0.15, -0.1) is 0 Å². The van der Waals surface area contributed by atoms with Crippen LogP contribution in [0.4, 0.5) is 5.69 Å². The Morgan fingerprint density at radius 2 is 1.56 bits per heavy atom. The van der Waals surface area contributed by atoms with Crippen LogP contribution in [0, 0.1) is 0 Å². The summed E-state index contributed by atoms with van der Waals surface area (Å²) in [6.45, 7) is 0. The summed E-state index contributed by atoms with van der Waals surface area (Å²) in [7, 11) is -4.95. The first-order chi connectivity index (χ1) is 11.5. The number of nitrogens with zero attached hydrogens (tertiary/aromatic N) is 1. The fourth-order valence-corrected chi connectivity index (χ4v) is 3.92. The first-order valence-electron chi connectivity index (χ1n) is 6.93. The predicted octanol–water partition coefficient (Wildman–Crippen LogP) is 1.44. The number of rotatable bonds is 6. The number of aromatic carboxylic acids is 1. The Morgan fingerprint density at radius 1 is 0.960 bits per heavy atom. The van der Waals surface area contributed by atoms with Gasteiger partial charge in [-0.1, -0.05) is 6.07 Å². The van der Waals surface area contributed by atoms with Gasteiger partial charge in [-0.25, -0.2) is 25.9 Å². The van der Waals surface area contributed by atoms with E-state index in [1.807, 2.05) is 0 Å². The highest BCUT2D eigenvalue weighted by atomic mass is 32.2. The topological polar surface area (TPSA) is 121 Å². The van der Waals surface area contributed by atoms with Crippen LogP contribution in [0.5, 0.6) is 0 Å². The lowest BCUT2D eigenvalue weighted by atomic mass is 10.2. The molecule has 0 aliphatic rings. The van der Waals surface area contributed by atoms with Crippen molar-refractivity contribution in [3.63, 3.8) is 0 Å². The highest BCUT2D eigenvalue weighted by Gasteiger charge is 2.19. The van der Waals surface area contributed by atoms with Crippen LogP contribution >= 0.6 is 0 Å². The van der Waals surface area contributed by atoms with Crippen molar-refractivity contribution in [2.24, 2.45) is 0 Å². The van der Waals surface area contributed by atoms with Crippen molar-refractivity contribution in [1.29, 1.82) is 0 Å². The van der Waals surface area contributed by atoms with Gasteiger partial charge in [0.05, 0.1) is 21.0 Å². The van der Waals surface area contributed by atoms with Crippen molar-refractivity contribution in [2.75, 3.05) is 18.8 Å². The molecule has 2 N–H and O–H groups in total. The number of sulfonamides is 2. The van der Waals surface area contributed by atoms with E-state index in [0.717, 1.165) is 16.4 Å². The average molecular weight is 384 g/mol. The molecule has 134 valence electrons. The van der Waals surface area contributed by atoms with Crippen molar-refractivity contribution in [3.05, 3.63) is 54.1 Å². The third kappa shape index (κ3) is 4.16. The summed E-state index contributed by atoms with van der Waals surface area (Å²) in [5, 5.41) is 8.84. The van der Waals surface area contributed by atoms with E-state index in [-0.39, 0.29) is 21.0 Å².